The van der Waals surface area contributed by atoms with Crippen molar-refractivity contribution >= 4 is 87.2 Å². The van der Waals surface area contributed by atoms with Gasteiger partial charge >= 0.3 is 24.7 Å². The van der Waals surface area contributed by atoms with Crippen molar-refractivity contribution in [3.8, 4) is 149 Å². The van der Waals surface area contributed by atoms with E-state index < -0.39 is 69.2 Å². The van der Waals surface area contributed by atoms with Crippen LogP contribution in [-0.2, 0) is 24.7 Å². The van der Waals surface area contributed by atoms with Crippen LogP contribution in [0.3, 0.4) is 0 Å². The molecule has 0 amide bonds. The zero-order valence-corrected chi connectivity index (χ0v) is 67.8. The van der Waals surface area contributed by atoms with Crippen molar-refractivity contribution in [1.82, 2.24) is 18.3 Å². The van der Waals surface area contributed by atoms with Gasteiger partial charge in [-0.15, -0.1) is 0 Å². The summed E-state index contributed by atoms with van der Waals surface area (Å²) < 4.78 is 197. The molecule has 24 heteroatoms. The Morgan fingerprint density at radius 1 is 0.189 bits per heavy atom. The maximum Gasteiger partial charge on any atom is 0.417 e. The molecule has 20 rings (SSSR count). The van der Waals surface area contributed by atoms with Crippen LogP contribution in [-0.4, -0.2) is 18.3 Å². The third kappa shape index (κ3) is 13.5. The first-order valence-electron chi connectivity index (χ1n) is 40.5. The number of para-hydroxylation sites is 3. The van der Waals surface area contributed by atoms with Crippen LogP contribution in [0.15, 0.2) is 303 Å². The highest BCUT2D eigenvalue weighted by Gasteiger charge is 2.41. The third-order valence-electron chi connectivity index (χ3n) is 24.3. The molecule has 12 nitrogen and oxygen atoms in total. The molecule has 0 unspecified atom stereocenters. The molecule has 0 spiro atoms. The number of rotatable bonds is 11. The van der Waals surface area contributed by atoms with Crippen LogP contribution < -0.4 is 0 Å². The highest BCUT2D eigenvalue weighted by atomic mass is 19.4. The van der Waals surface area contributed by atoms with Gasteiger partial charge in [0, 0.05) is 48.7 Å². The number of aromatic nitrogens is 4. The summed E-state index contributed by atoms with van der Waals surface area (Å²) in [5, 5.41) is 88.0. The molecule has 16 aromatic carbocycles. The predicted molar refractivity (Wildman–Crippen MR) is 480 cm³/mol. The average molecular weight is 1740 g/mol. The molecule has 0 fully saturated rings. The standard InChI is InChI=1S/C108H50F12N12/c109-105(110,111)74-11-7-9-63(40-74)85-47-100(129-94-18-6-3-15-81(94)88-42-65(25-33-95(88)129)76-27-19-59(51-121)35-70(76)55-125)102(49-90(85)107(115,116)117)132-96-34-26-66(77-28-20-60(52-122)36-71(77)56-126)43-89(96)84-31-23-68(45-98(84)132)87-39-62(54-124)38-73(58-128)104(87)69-24-32-83-80-14-1-4-16-92(80)130(99(83)46-69)101-48-86(64-10-8-12-75(41-64)106(112,113)114)91(108(118,119)120)50-103(101)131-93-17-5-2-13-79(93)82-30-22-67(44-97(82)131)78-29-21-61(53-123)37-72(78)57-127/h1-50H. The summed E-state index contributed by atoms with van der Waals surface area (Å²) in [6.07, 6.45) is -20.7. The molecule has 0 saturated heterocycles. The first kappa shape index (κ1) is 82.1. The highest BCUT2D eigenvalue weighted by Crippen LogP contribution is 2.52. The smallest absolute Gasteiger partial charge is 0.307 e. The number of nitriles is 8. The Kier molecular flexibility index (Phi) is 19.2. The molecule has 0 aliphatic rings. The van der Waals surface area contributed by atoms with Crippen LogP contribution >= 0.6 is 0 Å². The zero-order valence-electron chi connectivity index (χ0n) is 67.8. The van der Waals surface area contributed by atoms with E-state index in [2.05, 4.69) is 36.4 Å². The quantitative estimate of drug-likeness (QED) is 0.113. The number of benzene rings is 16. The Labute approximate surface area is 740 Å². The summed E-state index contributed by atoms with van der Waals surface area (Å²) in [6.45, 7) is 0. The fourth-order valence-corrected chi connectivity index (χ4v) is 18.5. The van der Waals surface area contributed by atoms with Crippen molar-refractivity contribution in [2.24, 2.45) is 0 Å². The van der Waals surface area contributed by atoms with E-state index in [0.29, 0.717) is 116 Å². The molecular weight excluding hydrogens is 1690 g/mol. The fourth-order valence-electron chi connectivity index (χ4n) is 18.5. The first-order chi connectivity index (χ1) is 63.6. The number of hydrogen-bond acceptors (Lipinski definition) is 8. The van der Waals surface area contributed by atoms with Gasteiger partial charge in [-0.1, -0.05) is 146 Å². The molecule has 4 heterocycles. The molecule has 0 saturated carbocycles. The second-order valence-electron chi connectivity index (χ2n) is 31.6. The molecule has 0 aliphatic heterocycles. The van der Waals surface area contributed by atoms with Crippen LogP contribution in [0.1, 0.15) is 66.8 Å². The van der Waals surface area contributed by atoms with E-state index in [1.807, 2.05) is 12.1 Å². The maximum absolute atomic E-state index is 16.9. The van der Waals surface area contributed by atoms with Crippen molar-refractivity contribution in [3.05, 3.63) is 370 Å². The lowest BCUT2D eigenvalue weighted by Gasteiger charge is -2.23. The number of halogens is 12. The van der Waals surface area contributed by atoms with Crippen LogP contribution in [0, 0.1) is 90.6 Å². The minimum atomic E-state index is -5.34. The molecule has 0 bridgehead atoms. The van der Waals surface area contributed by atoms with E-state index in [4.69, 9.17) is 0 Å². The van der Waals surface area contributed by atoms with Gasteiger partial charge in [0.2, 0.25) is 0 Å². The van der Waals surface area contributed by atoms with E-state index in [-0.39, 0.29) is 106 Å². The molecular formula is C108H50F12N12. The molecule has 0 N–H and O–H groups in total. The van der Waals surface area contributed by atoms with Crippen LogP contribution in [0.25, 0.3) is 188 Å². The second-order valence-corrected chi connectivity index (χ2v) is 31.6. The topological polar surface area (TPSA) is 210 Å². The Morgan fingerprint density at radius 3 is 0.871 bits per heavy atom. The minimum absolute atomic E-state index is 0.0215. The van der Waals surface area contributed by atoms with Crippen molar-refractivity contribution in [1.29, 1.82) is 42.1 Å². The number of alkyl halides is 12. The molecule has 0 aliphatic carbocycles. The predicted octanol–water partition coefficient (Wildman–Crippen LogP) is 28.8. The minimum Gasteiger partial charge on any atom is -0.307 e. The van der Waals surface area contributed by atoms with Gasteiger partial charge in [0.15, 0.2) is 0 Å². The summed E-state index contributed by atoms with van der Waals surface area (Å²) in [4.78, 5) is 0. The molecule has 0 radical (unpaired) electrons. The van der Waals surface area contributed by atoms with Gasteiger partial charge in [-0.2, -0.15) is 94.8 Å². The summed E-state index contributed by atoms with van der Waals surface area (Å²) >= 11 is 0. The van der Waals surface area contributed by atoms with E-state index in [9.17, 15) is 68.4 Å². The Hall–Kier alpha value is -18.2. The number of fused-ring (bicyclic) bond motifs is 12. The SMILES string of the molecule is N#Cc1ccc(-c2ccc3c(c2)c2ccccc2n3-c2cc(-c3cccc(C(F)(F)F)c3)c(C(F)(F)F)cc2-n2c3ccc(-c4ccc(C#N)cc4C#N)cc3c3ccc(-c4cc(C#N)cc(C#N)c4-c4ccc5c6ccccc6n(-c6cc(-c7cccc(C(F)(F)F)c7)c(C(F)(F)F)cc6-n6c7ccccc7c7ccc(-c8ccc(C#N)cc8C#N)cc76)c5c4)cc32)c(C#N)c1. The molecule has 132 heavy (non-hydrogen) atoms. The van der Waals surface area contributed by atoms with Crippen LogP contribution in [0.5, 0.6) is 0 Å². The number of hydrogen-bond donors (Lipinski definition) is 0. The van der Waals surface area contributed by atoms with Crippen LogP contribution in [0.2, 0.25) is 0 Å². The zero-order chi connectivity index (χ0) is 91.9. The third-order valence-corrected chi connectivity index (χ3v) is 24.3. The van der Waals surface area contributed by atoms with Crippen molar-refractivity contribution in [2.75, 3.05) is 0 Å². The second kappa shape index (κ2) is 30.8. The fraction of sp³-hybridized carbons (Fsp3) is 0.0370. The van der Waals surface area contributed by atoms with E-state index in [1.165, 1.54) is 54.6 Å². The summed E-state index contributed by atoms with van der Waals surface area (Å²) in [5.41, 5.74) is -1.52. The number of nitrogens with zero attached hydrogens (tertiary/aromatic N) is 12. The average Bonchev–Trinajstić information content (AvgIpc) is 1.55. The van der Waals surface area contributed by atoms with Gasteiger partial charge in [-0.05, 0) is 230 Å². The van der Waals surface area contributed by atoms with Gasteiger partial charge in [-0.3, -0.25) is 0 Å². The Bertz CT molecular complexity index is 8860. The summed E-state index contributed by atoms with van der Waals surface area (Å²) in [6, 6.07) is 90.8. The van der Waals surface area contributed by atoms with E-state index in [0.717, 1.165) is 48.5 Å². The van der Waals surface area contributed by atoms with Gasteiger partial charge in [0.25, 0.3) is 0 Å². The molecule has 4 aromatic heterocycles. The van der Waals surface area contributed by atoms with Crippen molar-refractivity contribution in [3.63, 3.8) is 0 Å². The normalized spacial score (nSPS) is 11.9. The Balaban J connectivity index is 0.881. The van der Waals surface area contributed by atoms with Gasteiger partial charge in [0.05, 0.1) is 182 Å². The van der Waals surface area contributed by atoms with Crippen molar-refractivity contribution < 1.29 is 52.7 Å². The molecule has 20 aromatic rings. The molecule has 626 valence electrons. The van der Waals surface area contributed by atoms with Gasteiger partial charge in [-0.25, -0.2) is 0 Å². The first-order valence-corrected chi connectivity index (χ1v) is 40.5. The van der Waals surface area contributed by atoms with Crippen LogP contribution in [0.4, 0.5) is 52.7 Å². The summed E-state index contributed by atoms with van der Waals surface area (Å²) in [7, 11) is 0. The van der Waals surface area contributed by atoms with E-state index in [1.54, 1.807) is 206 Å². The monoisotopic (exact) mass is 1740 g/mol. The lowest BCUT2D eigenvalue weighted by Crippen LogP contribution is -2.12. The van der Waals surface area contributed by atoms with Gasteiger partial charge < -0.3 is 18.3 Å². The van der Waals surface area contributed by atoms with Crippen molar-refractivity contribution in [2.45, 2.75) is 24.7 Å². The van der Waals surface area contributed by atoms with Gasteiger partial charge in [0.1, 0.15) is 0 Å². The largest absolute Gasteiger partial charge is 0.417 e. The summed E-state index contributed by atoms with van der Waals surface area (Å²) in [5.74, 6) is 0. The lowest BCUT2D eigenvalue weighted by atomic mass is 9.88. The lowest BCUT2D eigenvalue weighted by molar-refractivity contribution is -0.138. The maximum atomic E-state index is 16.9. The Morgan fingerprint density at radius 2 is 0.492 bits per heavy atom. The van der Waals surface area contributed by atoms with E-state index >= 15 is 26.3 Å². The molecule has 0 atom stereocenters. The highest BCUT2D eigenvalue weighted by molar-refractivity contribution is 6.17.